The van der Waals surface area contributed by atoms with Crippen LogP contribution in [-0.2, 0) is 27.2 Å². The Morgan fingerprint density at radius 1 is 0.582 bits per heavy atom. The van der Waals surface area contributed by atoms with Gasteiger partial charge in [-0.05, 0) is 25.8 Å². The third kappa shape index (κ3) is 24.2. The van der Waals surface area contributed by atoms with E-state index in [2.05, 4.69) is 75.3 Å². The van der Waals surface area contributed by atoms with E-state index in [9.17, 15) is 9.13 Å². The molecule has 0 aliphatic rings. The smallest absolute Gasteiger partial charge is 0.412 e. The van der Waals surface area contributed by atoms with Crippen molar-refractivity contribution in [3.63, 3.8) is 0 Å². The van der Waals surface area contributed by atoms with Crippen molar-refractivity contribution in [2.45, 2.75) is 185 Å². The van der Waals surface area contributed by atoms with Crippen molar-refractivity contribution in [1.29, 1.82) is 0 Å². The summed E-state index contributed by atoms with van der Waals surface area (Å²) < 4.78 is 56.0. The maximum Gasteiger partial charge on any atom is 1.00 e. The molecule has 7 nitrogen and oxygen atoms in total. The maximum absolute atomic E-state index is 14.3. The van der Waals surface area contributed by atoms with Gasteiger partial charge in [0.1, 0.15) is 0 Å². The summed E-state index contributed by atoms with van der Waals surface area (Å²) in [4.78, 5) is 2.40. The van der Waals surface area contributed by atoms with Gasteiger partial charge in [0, 0.05) is 10.3 Å². The molecular formula is C42H83LiO7P2S2Sn. The molecule has 0 radical (unpaired) electrons. The van der Waals surface area contributed by atoms with Crippen LogP contribution in [0, 0.1) is 20.8 Å². The van der Waals surface area contributed by atoms with Crippen molar-refractivity contribution in [1.82, 2.24) is 0 Å². The fourth-order valence-electron chi connectivity index (χ4n) is 5.60. The zero-order valence-electron chi connectivity index (χ0n) is 37.4. The fourth-order valence-corrected chi connectivity index (χ4v) is 34.2. The van der Waals surface area contributed by atoms with Crippen molar-refractivity contribution in [3.8, 4) is 0 Å². The predicted molar refractivity (Wildman–Crippen MR) is 244 cm³/mol. The maximum atomic E-state index is 14.3. The number of hydrogen-bond donors (Lipinski definition) is 0. The quantitative estimate of drug-likeness (QED) is 0.0348. The first-order valence-electron chi connectivity index (χ1n) is 21.2. The Balaban J connectivity index is -0.000000955. The molecule has 0 fully saturated rings. The average Bonchev–Trinajstić information content (AvgIpc) is 3.79. The molecule has 0 amide bonds. The van der Waals surface area contributed by atoms with Gasteiger partial charge in [0.2, 0.25) is 0 Å². The summed E-state index contributed by atoms with van der Waals surface area (Å²) in [5.41, 5.74) is 0. The van der Waals surface area contributed by atoms with Crippen molar-refractivity contribution in [3.05, 3.63) is 34.2 Å². The van der Waals surface area contributed by atoms with E-state index in [0.717, 1.165) is 68.0 Å². The molecule has 0 atom stereocenters. The molecule has 0 saturated carbocycles. The molecule has 55 heavy (non-hydrogen) atoms. The van der Waals surface area contributed by atoms with Gasteiger partial charge in [-0.3, -0.25) is 4.57 Å². The van der Waals surface area contributed by atoms with E-state index < -0.39 is 33.6 Å². The van der Waals surface area contributed by atoms with Crippen molar-refractivity contribution in [2.75, 3.05) is 26.4 Å². The average molecular weight is 952 g/mol. The minimum atomic E-state index is -3.28. The van der Waals surface area contributed by atoms with E-state index in [-0.39, 0.29) is 24.3 Å². The first kappa shape index (κ1) is 60.4. The van der Waals surface area contributed by atoms with E-state index in [1.807, 2.05) is 29.7 Å². The molecule has 0 spiro atoms. The molecule has 13 heteroatoms. The molecular weight excluding hydrogens is 868 g/mol. The summed E-state index contributed by atoms with van der Waals surface area (Å²) >= 11 is 0.783. The van der Waals surface area contributed by atoms with E-state index in [1.165, 1.54) is 66.0 Å². The Morgan fingerprint density at radius 3 is 1.25 bits per heavy atom. The number of unbranched alkanes of at least 4 members (excludes halogenated alkanes) is 8. The molecule has 0 bridgehead atoms. The van der Waals surface area contributed by atoms with E-state index in [0.29, 0.717) is 31.7 Å². The zero-order chi connectivity index (χ0) is 40.0. The topological polar surface area (TPSA) is 103 Å². The molecule has 2 heterocycles. The first-order valence-corrected chi connectivity index (χ1v) is 33.5. The van der Waals surface area contributed by atoms with E-state index in [1.54, 1.807) is 11.3 Å². The van der Waals surface area contributed by atoms with Crippen LogP contribution in [0.1, 0.15) is 168 Å². The van der Waals surface area contributed by atoms with Crippen LogP contribution in [0.3, 0.4) is 0 Å². The molecule has 0 aliphatic heterocycles. The summed E-state index contributed by atoms with van der Waals surface area (Å²) in [6.45, 7) is 27.3. The van der Waals surface area contributed by atoms with Crippen LogP contribution in [-0.4, -0.2) is 50.3 Å². The van der Waals surface area contributed by atoms with Gasteiger partial charge in [0.05, 0.1) is 18.5 Å². The normalized spacial score (nSPS) is 11.5. The van der Waals surface area contributed by atoms with Crippen LogP contribution in [0.2, 0.25) is 13.3 Å². The number of aryl methyl sites for hydroxylation is 2. The Hall–Kier alpha value is 1.06. The van der Waals surface area contributed by atoms with Gasteiger partial charge in [-0.1, -0.05) is 40.0 Å². The standard InChI is InChI=1S/C13H23O3PS.C13H22O3PS.4C4H9.Li.H2O.Sn/c2*1-4-6-8-15-17(14,16-9-7-5-2)13-10-12(3)18-11-13;4*1-3-4-2;;;/h10-11H,4-9H2,1-3H3;10H,4-9H2,1-3H3;4*1,3-4H2,2H3;;1H2;/q;;;;;-1;+1;;. The van der Waals surface area contributed by atoms with Gasteiger partial charge < -0.3 is 21.4 Å². The summed E-state index contributed by atoms with van der Waals surface area (Å²) in [6.07, 6.45) is 17.7. The second kappa shape index (κ2) is 36.9. The van der Waals surface area contributed by atoms with Crippen LogP contribution in [0.15, 0.2) is 17.5 Å². The van der Waals surface area contributed by atoms with E-state index in [4.69, 9.17) is 18.1 Å². The van der Waals surface area contributed by atoms with Gasteiger partial charge in [0.25, 0.3) is 0 Å². The molecule has 2 aromatic heterocycles. The Bertz CT molecular complexity index is 1210. The van der Waals surface area contributed by atoms with Gasteiger partial charge in [-0.25, -0.2) is 0 Å². The second-order valence-electron chi connectivity index (χ2n) is 14.2. The van der Waals surface area contributed by atoms with Crippen LogP contribution < -0.4 is 32.4 Å². The van der Waals surface area contributed by atoms with Crippen molar-refractivity contribution >= 4 is 69.7 Å². The summed E-state index contributed by atoms with van der Waals surface area (Å²) in [5, 5.41) is 3.56. The second-order valence-corrected chi connectivity index (χ2v) is 34.6. The van der Waals surface area contributed by atoms with Gasteiger partial charge >= 0.3 is 229 Å². The summed E-state index contributed by atoms with van der Waals surface area (Å²) in [7, 11) is -6.38. The first-order chi connectivity index (χ1) is 25.5. The molecule has 0 aromatic carbocycles. The van der Waals surface area contributed by atoms with Crippen LogP contribution in [0.5, 0.6) is 0 Å². The molecule has 2 rings (SSSR count). The Labute approximate surface area is 364 Å². The van der Waals surface area contributed by atoms with Gasteiger partial charge in [0.15, 0.2) is 0 Å². The van der Waals surface area contributed by atoms with E-state index >= 15 is 0 Å². The predicted octanol–water partition coefficient (Wildman–Crippen LogP) is 10.9. The molecule has 2 N–H and O–H groups in total. The van der Waals surface area contributed by atoms with Crippen molar-refractivity contribution in [2.24, 2.45) is 0 Å². The number of rotatable bonds is 29. The largest absolute Gasteiger partial charge is 1.00 e. The SMILES string of the molecule is CCCCOP(=O)(OCCCC)c1cc(C)s[c]1[Sn]([CH2]CCC)([CH2]CCC)[CH2]CCC.CCCCOP(=O)(OCCCC)c1csc(C)c1.O.[CH2-]CCC.[Li+]. The molecule has 0 saturated heterocycles. The molecule has 2 aromatic rings. The monoisotopic (exact) mass is 952 g/mol. The van der Waals surface area contributed by atoms with Crippen LogP contribution >= 0.6 is 37.9 Å². The molecule has 0 unspecified atom stereocenters. The third-order valence-corrected chi connectivity index (χ3v) is 34.2. The Kier molecular flexibility index (Phi) is 40.5. The van der Waals surface area contributed by atoms with Gasteiger partial charge in [-0.15, -0.1) is 11.3 Å². The summed E-state index contributed by atoms with van der Waals surface area (Å²) in [6, 6.07) is 4.08. The van der Waals surface area contributed by atoms with Gasteiger partial charge in [-0.2, -0.15) is 6.42 Å². The van der Waals surface area contributed by atoms with Crippen molar-refractivity contribution < 1.29 is 51.6 Å². The minimum absolute atomic E-state index is 0. The van der Waals surface area contributed by atoms with Crippen LogP contribution in [0.4, 0.5) is 0 Å². The Morgan fingerprint density at radius 2 is 0.945 bits per heavy atom. The molecule has 0 aliphatic carbocycles. The summed E-state index contributed by atoms with van der Waals surface area (Å²) in [5.74, 6) is 0. The van der Waals surface area contributed by atoms with Crippen LogP contribution in [0.25, 0.3) is 0 Å². The number of thiophene rings is 2. The fraction of sp³-hybridized carbons (Fsp3) is 0.786. The zero-order valence-corrected chi connectivity index (χ0v) is 43.6. The molecule has 320 valence electrons. The minimum Gasteiger partial charge on any atom is -0.412 e. The third-order valence-electron chi connectivity index (χ3n) is 9.06. The number of hydrogen-bond acceptors (Lipinski definition) is 8.